The Kier molecular flexibility index (Phi) is 7.28. The Morgan fingerprint density at radius 1 is 0.955 bits per heavy atom. The molecule has 240 valence electrons. The van der Waals surface area contributed by atoms with Gasteiger partial charge < -0.3 is 28.5 Å². The summed E-state index contributed by atoms with van der Waals surface area (Å²) in [7, 11) is 0. The quantitative estimate of drug-likeness (QED) is 0.206. The average Bonchev–Trinajstić information content (AvgIpc) is 3.69. The molecule has 1 aromatic heterocycles. The van der Waals surface area contributed by atoms with Gasteiger partial charge in [0.05, 0.1) is 31.3 Å². The SMILES string of the molecule is C/C=C(/C)C(=O)O[C@H]1C[C@@H](OC(C)=O)[C@@]2(C)CO[C@H]3[C@@H](O)[C@@]4(C)C5=CC[C@@H](c6ccoc6)[C@]5(C)[C@@H](OC(C)=O)C[C@@H]4[C@]1(C)[C@@H]32. The molecule has 4 aliphatic carbocycles. The summed E-state index contributed by atoms with van der Waals surface area (Å²) in [4.78, 5) is 38.4. The molecule has 9 heteroatoms. The topological polar surface area (TPSA) is 122 Å². The van der Waals surface area contributed by atoms with Crippen LogP contribution in [0.15, 0.2) is 46.3 Å². The third-order valence-corrected chi connectivity index (χ3v) is 12.7. The largest absolute Gasteiger partial charge is 0.472 e. The lowest BCUT2D eigenvalue weighted by Crippen LogP contribution is -2.74. The maximum absolute atomic E-state index is 13.4. The number of esters is 3. The minimum absolute atomic E-state index is 0.0171. The highest BCUT2D eigenvalue weighted by molar-refractivity contribution is 5.87. The van der Waals surface area contributed by atoms with Gasteiger partial charge in [0, 0.05) is 59.3 Å². The second-order valence-corrected chi connectivity index (χ2v) is 14.7. The van der Waals surface area contributed by atoms with Crippen molar-refractivity contribution < 1.29 is 42.9 Å². The Labute approximate surface area is 259 Å². The first-order valence-electron chi connectivity index (χ1n) is 15.9. The van der Waals surface area contributed by atoms with E-state index in [0.717, 1.165) is 11.1 Å². The molecule has 0 spiro atoms. The molecule has 0 bridgehead atoms. The molecule has 1 aliphatic heterocycles. The van der Waals surface area contributed by atoms with E-state index in [4.69, 9.17) is 23.4 Å². The van der Waals surface area contributed by atoms with Gasteiger partial charge in [-0.3, -0.25) is 9.59 Å². The van der Waals surface area contributed by atoms with Crippen LogP contribution in [0.4, 0.5) is 0 Å². The molecule has 44 heavy (non-hydrogen) atoms. The lowest BCUT2D eigenvalue weighted by atomic mass is 9.36. The van der Waals surface area contributed by atoms with Crippen molar-refractivity contribution in [3.63, 3.8) is 0 Å². The number of carbonyl (C=O) groups is 3. The first kappa shape index (κ1) is 31.1. The lowest BCUT2D eigenvalue weighted by molar-refractivity contribution is -0.270. The Balaban J connectivity index is 1.54. The number of hydrogen-bond acceptors (Lipinski definition) is 9. The molecule has 1 saturated heterocycles. The maximum atomic E-state index is 13.4. The summed E-state index contributed by atoms with van der Waals surface area (Å²) in [5, 5.41) is 12.5. The highest BCUT2D eigenvalue weighted by Crippen LogP contribution is 2.75. The van der Waals surface area contributed by atoms with Crippen molar-refractivity contribution in [1.29, 1.82) is 0 Å². The van der Waals surface area contributed by atoms with Gasteiger partial charge in [-0.2, -0.15) is 0 Å². The third-order valence-electron chi connectivity index (χ3n) is 12.7. The van der Waals surface area contributed by atoms with Gasteiger partial charge in [-0.1, -0.05) is 45.4 Å². The molecule has 0 aromatic carbocycles. The predicted molar refractivity (Wildman–Crippen MR) is 159 cm³/mol. The number of rotatable bonds is 5. The molecule has 2 heterocycles. The van der Waals surface area contributed by atoms with Gasteiger partial charge in [-0.05, 0) is 44.2 Å². The van der Waals surface area contributed by atoms with E-state index < -0.39 is 64.1 Å². The molecule has 0 unspecified atom stereocenters. The van der Waals surface area contributed by atoms with E-state index in [1.807, 2.05) is 6.07 Å². The van der Waals surface area contributed by atoms with Crippen molar-refractivity contribution in [2.45, 2.75) is 111 Å². The highest BCUT2D eigenvalue weighted by atomic mass is 16.6. The zero-order chi connectivity index (χ0) is 32.0. The van der Waals surface area contributed by atoms with Crippen LogP contribution in [0.1, 0.15) is 86.1 Å². The normalized spacial score (nSPS) is 45.8. The van der Waals surface area contributed by atoms with E-state index in [1.165, 1.54) is 13.8 Å². The van der Waals surface area contributed by atoms with Gasteiger partial charge in [-0.25, -0.2) is 4.79 Å². The summed E-state index contributed by atoms with van der Waals surface area (Å²) in [5.41, 5.74) is -0.215. The maximum Gasteiger partial charge on any atom is 0.333 e. The van der Waals surface area contributed by atoms with E-state index >= 15 is 0 Å². The summed E-state index contributed by atoms with van der Waals surface area (Å²) in [6.07, 6.45) is 5.61. The Bertz CT molecular complexity index is 1410. The standard InChI is InChI=1S/C35H46O9/c1-9-18(2)31(39)44-27-15-25(42-19(3)36)32(5)17-41-28-29(32)35(27,8)24-14-26(43-20(4)37)33(6)22(21-12-13-40-16-21)10-11-23(33)34(24,7)30(28)38/h9,11-13,16,22,24-30,38H,10,14-15,17H2,1-8H3/b18-9-/t22-,24-,25+,26-,27-,28+,29-,30+,32+,33-,34-,35-/m0/s1. The smallest absolute Gasteiger partial charge is 0.333 e. The summed E-state index contributed by atoms with van der Waals surface area (Å²) in [6, 6.07) is 1.96. The molecular formula is C35H46O9. The van der Waals surface area contributed by atoms with Crippen LogP contribution in [0.2, 0.25) is 0 Å². The van der Waals surface area contributed by atoms with E-state index in [0.29, 0.717) is 31.4 Å². The lowest BCUT2D eigenvalue weighted by Gasteiger charge is -2.70. The average molecular weight is 611 g/mol. The van der Waals surface area contributed by atoms with Gasteiger partial charge in [0.1, 0.15) is 18.3 Å². The number of hydrogen-bond donors (Lipinski definition) is 1. The van der Waals surface area contributed by atoms with E-state index in [1.54, 1.807) is 32.4 Å². The van der Waals surface area contributed by atoms with Crippen LogP contribution in [0.5, 0.6) is 0 Å². The first-order valence-corrected chi connectivity index (χ1v) is 15.9. The van der Waals surface area contributed by atoms with Crippen molar-refractivity contribution in [3.8, 4) is 0 Å². The number of ether oxygens (including phenoxy) is 4. The van der Waals surface area contributed by atoms with Crippen LogP contribution in [-0.4, -0.2) is 60.1 Å². The fourth-order valence-corrected chi connectivity index (χ4v) is 10.6. The van der Waals surface area contributed by atoms with E-state index in [2.05, 4.69) is 33.8 Å². The molecular weight excluding hydrogens is 564 g/mol. The molecule has 0 amide bonds. The molecule has 9 nitrogen and oxygen atoms in total. The molecule has 12 atom stereocenters. The van der Waals surface area contributed by atoms with Crippen LogP contribution in [-0.2, 0) is 33.3 Å². The number of allylic oxidation sites excluding steroid dienone is 2. The minimum atomic E-state index is -0.899. The van der Waals surface area contributed by atoms with E-state index in [-0.39, 0.29) is 23.7 Å². The number of carbonyl (C=O) groups excluding carboxylic acids is 3. The summed E-state index contributed by atoms with van der Waals surface area (Å²) in [6.45, 7) is 15.1. The van der Waals surface area contributed by atoms with Gasteiger partial charge in [-0.15, -0.1) is 0 Å². The monoisotopic (exact) mass is 610 g/mol. The van der Waals surface area contributed by atoms with Crippen molar-refractivity contribution in [3.05, 3.63) is 47.5 Å². The van der Waals surface area contributed by atoms with Crippen LogP contribution in [0.25, 0.3) is 0 Å². The zero-order valence-corrected chi connectivity index (χ0v) is 27.0. The minimum Gasteiger partial charge on any atom is -0.472 e. The second kappa shape index (κ2) is 10.3. The van der Waals surface area contributed by atoms with E-state index in [9.17, 15) is 19.5 Å². The first-order chi connectivity index (χ1) is 20.6. The van der Waals surface area contributed by atoms with Crippen molar-refractivity contribution in [2.75, 3.05) is 6.61 Å². The highest BCUT2D eigenvalue weighted by Gasteiger charge is 2.78. The number of fused-ring (bicyclic) bond motifs is 4. The second-order valence-electron chi connectivity index (χ2n) is 14.7. The van der Waals surface area contributed by atoms with Gasteiger partial charge in [0.2, 0.25) is 0 Å². The molecule has 1 aromatic rings. The van der Waals surface area contributed by atoms with Crippen LogP contribution in [0, 0.1) is 33.5 Å². The fourth-order valence-electron chi connectivity index (χ4n) is 10.6. The van der Waals surface area contributed by atoms with Crippen LogP contribution in [0.3, 0.4) is 0 Å². The van der Waals surface area contributed by atoms with Crippen molar-refractivity contribution in [2.24, 2.45) is 33.5 Å². The number of aliphatic hydroxyl groups excluding tert-OH is 1. The Morgan fingerprint density at radius 3 is 2.25 bits per heavy atom. The summed E-state index contributed by atoms with van der Waals surface area (Å²) < 4.78 is 30.6. The third kappa shape index (κ3) is 4.00. The zero-order valence-electron chi connectivity index (χ0n) is 27.0. The van der Waals surface area contributed by atoms with Crippen molar-refractivity contribution >= 4 is 17.9 Å². The Hall–Kier alpha value is -2.91. The van der Waals surface area contributed by atoms with Gasteiger partial charge >= 0.3 is 17.9 Å². The molecule has 3 saturated carbocycles. The van der Waals surface area contributed by atoms with Crippen LogP contribution < -0.4 is 0 Å². The fraction of sp³-hybridized carbons (Fsp3) is 0.686. The van der Waals surface area contributed by atoms with Gasteiger partial charge in [0.15, 0.2) is 0 Å². The summed E-state index contributed by atoms with van der Waals surface area (Å²) in [5.74, 6) is -1.79. The Morgan fingerprint density at radius 2 is 1.64 bits per heavy atom. The predicted octanol–water partition coefficient (Wildman–Crippen LogP) is 5.27. The molecule has 6 rings (SSSR count). The number of furan rings is 1. The van der Waals surface area contributed by atoms with Crippen molar-refractivity contribution in [1.82, 2.24) is 0 Å². The van der Waals surface area contributed by atoms with Crippen LogP contribution >= 0.6 is 0 Å². The number of aliphatic hydroxyl groups is 1. The molecule has 0 radical (unpaired) electrons. The summed E-state index contributed by atoms with van der Waals surface area (Å²) >= 11 is 0. The molecule has 4 fully saturated rings. The molecule has 1 N–H and O–H groups in total. The molecule has 5 aliphatic rings. The van der Waals surface area contributed by atoms with Gasteiger partial charge in [0.25, 0.3) is 0 Å².